The molecular formula is C22H32N2O4. The number of anilines is 1. The molecule has 0 fully saturated rings. The molecule has 0 saturated heterocycles. The molecule has 1 unspecified atom stereocenters. The smallest absolute Gasteiger partial charge is 0.411 e. The molecule has 1 aliphatic rings. The van der Waals surface area contributed by atoms with E-state index in [1.807, 2.05) is 36.4 Å². The van der Waals surface area contributed by atoms with Crippen LogP contribution >= 0.6 is 0 Å². The molecule has 0 heterocycles. The van der Waals surface area contributed by atoms with Crippen LogP contribution < -0.4 is 10.6 Å². The zero-order valence-corrected chi connectivity index (χ0v) is 16.5. The van der Waals surface area contributed by atoms with Crippen LogP contribution in [-0.2, 0) is 9.47 Å². The number of ether oxygens (including phenoxy) is 2. The van der Waals surface area contributed by atoms with Crippen LogP contribution in [0.25, 0.3) is 0 Å². The second kappa shape index (κ2) is 13.6. The summed E-state index contributed by atoms with van der Waals surface area (Å²) in [5, 5.41) is 5.49. The van der Waals surface area contributed by atoms with Gasteiger partial charge in [-0.15, -0.1) is 0 Å². The van der Waals surface area contributed by atoms with Crippen molar-refractivity contribution in [1.82, 2.24) is 5.32 Å². The lowest BCUT2D eigenvalue weighted by molar-refractivity contribution is 0.113. The molecule has 1 aromatic rings. The van der Waals surface area contributed by atoms with Gasteiger partial charge < -0.3 is 14.8 Å². The fraction of sp³-hybridized carbons (Fsp3) is 0.545. The Kier molecular flexibility index (Phi) is 10.6. The molecule has 0 bridgehead atoms. The van der Waals surface area contributed by atoms with E-state index < -0.39 is 6.09 Å². The van der Waals surface area contributed by atoms with Crippen molar-refractivity contribution in [3.05, 3.63) is 42.5 Å². The summed E-state index contributed by atoms with van der Waals surface area (Å²) in [6.45, 7) is 0.993. The second-order valence-electron chi connectivity index (χ2n) is 6.98. The van der Waals surface area contributed by atoms with E-state index in [0.717, 1.165) is 50.6 Å². The van der Waals surface area contributed by atoms with Crippen molar-refractivity contribution < 1.29 is 19.1 Å². The van der Waals surface area contributed by atoms with Crippen molar-refractivity contribution >= 4 is 17.9 Å². The van der Waals surface area contributed by atoms with Crippen molar-refractivity contribution in [3.63, 3.8) is 0 Å². The van der Waals surface area contributed by atoms with Gasteiger partial charge in [0.1, 0.15) is 6.10 Å². The number of allylic oxidation sites excluding steroid dienone is 1. The molecule has 2 amide bonds. The van der Waals surface area contributed by atoms with Crippen LogP contribution in [0.4, 0.5) is 15.3 Å². The van der Waals surface area contributed by atoms with E-state index in [4.69, 9.17) is 9.47 Å². The quantitative estimate of drug-likeness (QED) is 0.438. The molecule has 0 spiro atoms. The number of hydrogen-bond donors (Lipinski definition) is 2. The molecule has 1 aliphatic carbocycles. The summed E-state index contributed by atoms with van der Waals surface area (Å²) in [6, 6.07) is 9.22. The molecule has 28 heavy (non-hydrogen) atoms. The van der Waals surface area contributed by atoms with E-state index in [0.29, 0.717) is 13.2 Å². The second-order valence-corrected chi connectivity index (χ2v) is 6.98. The highest BCUT2D eigenvalue weighted by molar-refractivity contribution is 5.84. The van der Waals surface area contributed by atoms with Crippen LogP contribution in [0.15, 0.2) is 42.5 Å². The van der Waals surface area contributed by atoms with Crippen molar-refractivity contribution in [2.24, 2.45) is 0 Å². The lowest BCUT2D eigenvalue weighted by Crippen LogP contribution is -2.29. The molecule has 2 N–H and O–H groups in total. The summed E-state index contributed by atoms with van der Waals surface area (Å²) in [5.41, 5.74) is 0.723. The Hall–Kier alpha value is -2.50. The SMILES string of the molecule is O=C(Nc1ccccc1)OCCCCCCNC(=O)OC1C=CCCCCC1. The zero-order chi connectivity index (χ0) is 19.9. The van der Waals surface area contributed by atoms with E-state index in [-0.39, 0.29) is 12.2 Å². The first-order valence-electron chi connectivity index (χ1n) is 10.3. The Balaban J connectivity index is 1.43. The summed E-state index contributed by atoms with van der Waals surface area (Å²) < 4.78 is 10.6. The van der Waals surface area contributed by atoms with Crippen molar-refractivity contribution in [1.29, 1.82) is 0 Å². The number of unbranched alkanes of at least 4 members (excludes halogenated alkanes) is 3. The van der Waals surface area contributed by atoms with Gasteiger partial charge in [0.25, 0.3) is 0 Å². The monoisotopic (exact) mass is 388 g/mol. The van der Waals surface area contributed by atoms with E-state index in [1.165, 1.54) is 12.8 Å². The van der Waals surface area contributed by atoms with Gasteiger partial charge in [0.15, 0.2) is 0 Å². The maximum absolute atomic E-state index is 11.8. The number of amides is 2. The normalized spacial score (nSPS) is 16.5. The van der Waals surface area contributed by atoms with Gasteiger partial charge in [-0.3, -0.25) is 5.32 Å². The Morgan fingerprint density at radius 1 is 0.964 bits per heavy atom. The summed E-state index contributed by atoms with van der Waals surface area (Å²) in [5.74, 6) is 0. The maximum Gasteiger partial charge on any atom is 0.411 e. The molecule has 1 aromatic carbocycles. The van der Waals surface area contributed by atoms with Gasteiger partial charge in [-0.1, -0.05) is 37.1 Å². The van der Waals surface area contributed by atoms with Gasteiger partial charge in [0, 0.05) is 12.2 Å². The van der Waals surface area contributed by atoms with Crippen LogP contribution in [0.1, 0.15) is 57.8 Å². The average molecular weight is 389 g/mol. The number of benzene rings is 1. The molecule has 154 valence electrons. The number of hydrogen-bond acceptors (Lipinski definition) is 4. The first kappa shape index (κ1) is 21.8. The highest BCUT2D eigenvalue weighted by atomic mass is 16.6. The first-order valence-corrected chi connectivity index (χ1v) is 10.3. The summed E-state index contributed by atoms with van der Waals surface area (Å²) in [6.07, 6.45) is 12.3. The minimum absolute atomic E-state index is 0.0977. The Morgan fingerprint density at radius 3 is 2.64 bits per heavy atom. The summed E-state index contributed by atoms with van der Waals surface area (Å²) >= 11 is 0. The van der Waals surface area contributed by atoms with Crippen LogP contribution in [0, 0.1) is 0 Å². The average Bonchev–Trinajstić information content (AvgIpc) is 2.66. The Bertz CT molecular complexity index is 604. The van der Waals surface area contributed by atoms with Gasteiger partial charge >= 0.3 is 12.2 Å². The summed E-state index contributed by atoms with van der Waals surface area (Å²) in [4.78, 5) is 23.5. The molecule has 6 nitrogen and oxygen atoms in total. The summed E-state index contributed by atoms with van der Waals surface area (Å²) in [7, 11) is 0. The van der Waals surface area contributed by atoms with E-state index in [1.54, 1.807) is 0 Å². The Morgan fingerprint density at radius 2 is 1.79 bits per heavy atom. The number of carbonyl (C=O) groups is 2. The van der Waals surface area contributed by atoms with Gasteiger partial charge in [-0.25, -0.2) is 9.59 Å². The fourth-order valence-corrected chi connectivity index (χ4v) is 3.02. The maximum atomic E-state index is 11.8. The molecule has 0 aromatic heterocycles. The van der Waals surface area contributed by atoms with Gasteiger partial charge in [-0.2, -0.15) is 0 Å². The third-order valence-electron chi connectivity index (χ3n) is 4.56. The van der Waals surface area contributed by atoms with Crippen LogP contribution in [-0.4, -0.2) is 31.4 Å². The molecule has 0 aliphatic heterocycles. The van der Waals surface area contributed by atoms with E-state index >= 15 is 0 Å². The van der Waals surface area contributed by atoms with Crippen molar-refractivity contribution in [3.8, 4) is 0 Å². The topological polar surface area (TPSA) is 76.7 Å². The Labute approximate surface area is 167 Å². The number of nitrogens with one attached hydrogen (secondary N) is 2. The van der Waals surface area contributed by atoms with E-state index in [2.05, 4.69) is 16.7 Å². The third-order valence-corrected chi connectivity index (χ3v) is 4.56. The number of para-hydroxylation sites is 1. The highest BCUT2D eigenvalue weighted by Crippen LogP contribution is 2.14. The van der Waals surface area contributed by atoms with Crippen LogP contribution in [0.2, 0.25) is 0 Å². The molecule has 2 rings (SSSR count). The van der Waals surface area contributed by atoms with E-state index in [9.17, 15) is 9.59 Å². The number of alkyl carbamates (subject to hydrolysis) is 1. The van der Waals surface area contributed by atoms with Gasteiger partial charge in [0.2, 0.25) is 0 Å². The molecule has 1 atom stereocenters. The van der Waals surface area contributed by atoms with Crippen LogP contribution in [0.3, 0.4) is 0 Å². The zero-order valence-electron chi connectivity index (χ0n) is 16.5. The largest absolute Gasteiger partial charge is 0.449 e. The predicted octanol–water partition coefficient (Wildman–Crippen LogP) is 5.41. The van der Waals surface area contributed by atoms with Gasteiger partial charge in [0.05, 0.1) is 6.61 Å². The standard InChI is InChI=1S/C22H32N2O4/c25-21(28-20-15-9-2-1-3-10-16-20)23-17-11-4-5-12-18-27-22(26)24-19-13-7-6-8-14-19/h6-9,13-15,20H,1-5,10-12,16-18H2,(H,23,25)(H,24,26). The number of carbonyl (C=O) groups excluding carboxylic acids is 2. The number of rotatable bonds is 9. The molecule has 0 saturated carbocycles. The minimum atomic E-state index is -0.432. The first-order chi connectivity index (χ1) is 13.7. The highest BCUT2D eigenvalue weighted by Gasteiger charge is 2.12. The van der Waals surface area contributed by atoms with Crippen LogP contribution in [0.5, 0.6) is 0 Å². The van der Waals surface area contributed by atoms with Crippen molar-refractivity contribution in [2.45, 2.75) is 63.9 Å². The molecule has 0 radical (unpaired) electrons. The van der Waals surface area contributed by atoms with Crippen molar-refractivity contribution in [2.75, 3.05) is 18.5 Å². The lowest BCUT2D eigenvalue weighted by Gasteiger charge is -2.16. The molecule has 6 heteroatoms. The molecular weight excluding hydrogens is 356 g/mol. The predicted molar refractivity (Wildman–Crippen MR) is 110 cm³/mol. The van der Waals surface area contributed by atoms with Gasteiger partial charge in [-0.05, 0) is 63.2 Å². The third kappa shape index (κ3) is 10.00. The minimum Gasteiger partial charge on any atom is -0.449 e. The fourth-order valence-electron chi connectivity index (χ4n) is 3.02. The lowest BCUT2D eigenvalue weighted by atomic mass is 10.0.